The van der Waals surface area contributed by atoms with Gasteiger partial charge in [-0.1, -0.05) is 19.1 Å². The third-order valence-corrected chi connectivity index (χ3v) is 2.90. The van der Waals surface area contributed by atoms with Crippen LogP contribution in [0.15, 0.2) is 24.3 Å². The normalized spacial score (nSPS) is 10.3. The molecule has 0 bridgehead atoms. The molecule has 0 saturated carbocycles. The second-order valence-electron chi connectivity index (χ2n) is 4.09. The van der Waals surface area contributed by atoms with Gasteiger partial charge in [-0.3, -0.25) is 10.1 Å². The highest BCUT2D eigenvalue weighted by Gasteiger charge is 2.23. The maximum atomic E-state index is 11.0. The van der Waals surface area contributed by atoms with E-state index in [1.807, 2.05) is 19.1 Å². The fourth-order valence-electron chi connectivity index (χ4n) is 1.69. The lowest BCUT2D eigenvalue weighted by atomic mass is 10.2. The zero-order valence-electron chi connectivity index (χ0n) is 11.0. The first kappa shape index (κ1) is 14.2. The number of benzene rings is 1. The Labute approximate surface area is 120 Å². The molecule has 0 N–H and O–H groups in total. The Hall–Kier alpha value is -2.21. The Morgan fingerprint density at radius 3 is 2.50 bits per heavy atom. The number of nitro groups is 1. The van der Waals surface area contributed by atoms with E-state index in [0.717, 1.165) is 12.0 Å². The van der Waals surface area contributed by atoms with E-state index >= 15 is 0 Å². The second kappa shape index (κ2) is 5.83. The molecule has 0 fully saturated rings. The smallest absolute Gasteiger partial charge is 0.352 e. The van der Waals surface area contributed by atoms with Gasteiger partial charge in [-0.25, -0.2) is 4.98 Å². The van der Waals surface area contributed by atoms with E-state index < -0.39 is 4.92 Å². The molecule has 0 aliphatic carbocycles. The van der Waals surface area contributed by atoms with Gasteiger partial charge in [0.25, 0.3) is 0 Å². The van der Waals surface area contributed by atoms with Gasteiger partial charge in [0.1, 0.15) is 11.4 Å². The second-order valence-corrected chi connectivity index (χ2v) is 4.43. The number of hydrogen-bond acceptors (Lipinski definition) is 5. The van der Waals surface area contributed by atoms with E-state index in [1.54, 1.807) is 12.1 Å². The van der Waals surface area contributed by atoms with Crippen molar-refractivity contribution in [2.75, 3.05) is 0 Å². The lowest BCUT2D eigenvalue weighted by molar-refractivity contribution is -0.386. The van der Waals surface area contributed by atoms with Gasteiger partial charge in [0, 0.05) is 0 Å². The molecule has 1 aromatic carbocycles. The Morgan fingerprint density at radius 1 is 1.30 bits per heavy atom. The van der Waals surface area contributed by atoms with Gasteiger partial charge in [0.05, 0.1) is 4.92 Å². The lowest BCUT2D eigenvalue weighted by Gasteiger charge is -2.07. The molecule has 0 aliphatic rings. The average Bonchev–Trinajstić information content (AvgIpc) is 2.38. The van der Waals surface area contributed by atoms with Crippen LogP contribution in [0.1, 0.15) is 18.2 Å². The molecule has 0 radical (unpaired) electrons. The molecule has 2 aromatic rings. The number of rotatable bonds is 4. The minimum atomic E-state index is -0.582. The van der Waals surface area contributed by atoms with E-state index in [9.17, 15) is 10.1 Å². The Balaban J connectivity index is 2.39. The van der Waals surface area contributed by atoms with Crippen molar-refractivity contribution in [3.05, 3.63) is 50.9 Å². The lowest BCUT2D eigenvalue weighted by Crippen LogP contribution is -2.01. The molecule has 7 heteroatoms. The SMILES string of the molecule is CCc1ccc(Oc2nc(Cl)nc(C)c2[N+](=O)[O-])cc1. The molecule has 0 aliphatic heterocycles. The zero-order valence-corrected chi connectivity index (χ0v) is 11.7. The van der Waals surface area contributed by atoms with Crippen LogP contribution in [0.3, 0.4) is 0 Å². The Kier molecular flexibility index (Phi) is 4.14. The van der Waals surface area contributed by atoms with Gasteiger partial charge in [-0.05, 0) is 42.6 Å². The van der Waals surface area contributed by atoms with Crippen LogP contribution < -0.4 is 4.74 Å². The summed E-state index contributed by atoms with van der Waals surface area (Å²) in [6, 6.07) is 7.23. The van der Waals surface area contributed by atoms with E-state index in [4.69, 9.17) is 16.3 Å². The van der Waals surface area contributed by atoms with Crippen molar-refractivity contribution < 1.29 is 9.66 Å². The molecule has 0 unspecified atom stereocenters. The molecule has 104 valence electrons. The van der Waals surface area contributed by atoms with E-state index in [2.05, 4.69) is 9.97 Å². The van der Waals surface area contributed by atoms with Crippen molar-refractivity contribution in [2.24, 2.45) is 0 Å². The molecule has 0 atom stereocenters. The van der Waals surface area contributed by atoms with E-state index in [1.165, 1.54) is 6.92 Å². The fraction of sp³-hybridized carbons (Fsp3) is 0.231. The van der Waals surface area contributed by atoms with Crippen molar-refractivity contribution >= 4 is 17.3 Å². The van der Waals surface area contributed by atoms with Gasteiger partial charge in [-0.2, -0.15) is 4.98 Å². The van der Waals surface area contributed by atoms with Crippen molar-refractivity contribution in [3.63, 3.8) is 0 Å². The van der Waals surface area contributed by atoms with Crippen molar-refractivity contribution in [3.8, 4) is 11.6 Å². The van der Waals surface area contributed by atoms with Gasteiger partial charge in [0.15, 0.2) is 0 Å². The summed E-state index contributed by atoms with van der Waals surface area (Å²) in [6.45, 7) is 3.52. The molecule has 0 amide bonds. The molecule has 1 aromatic heterocycles. The van der Waals surface area contributed by atoms with Crippen LogP contribution in [0.4, 0.5) is 5.69 Å². The van der Waals surface area contributed by atoms with Gasteiger partial charge in [0.2, 0.25) is 5.28 Å². The minimum absolute atomic E-state index is 0.0896. The first-order valence-corrected chi connectivity index (χ1v) is 6.34. The maximum absolute atomic E-state index is 11.0. The van der Waals surface area contributed by atoms with Crippen LogP contribution in [0.2, 0.25) is 5.28 Å². The van der Waals surface area contributed by atoms with Gasteiger partial charge in [-0.15, -0.1) is 0 Å². The summed E-state index contributed by atoms with van der Waals surface area (Å²) < 4.78 is 5.45. The molecule has 2 rings (SSSR count). The van der Waals surface area contributed by atoms with Crippen LogP contribution >= 0.6 is 11.6 Å². The summed E-state index contributed by atoms with van der Waals surface area (Å²) in [5.41, 5.74) is 1.02. The molecule has 6 nitrogen and oxygen atoms in total. The predicted molar refractivity (Wildman–Crippen MR) is 74.3 cm³/mol. The molecule has 1 heterocycles. The van der Waals surface area contributed by atoms with Crippen molar-refractivity contribution in [2.45, 2.75) is 20.3 Å². The number of hydrogen-bond donors (Lipinski definition) is 0. The number of nitrogens with zero attached hydrogens (tertiary/aromatic N) is 3. The fourth-order valence-corrected chi connectivity index (χ4v) is 1.90. The minimum Gasteiger partial charge on any atom is -0.434 e. The third-order valence-electron chi connectivity index (χ3n) is 2.73. The standard InChI is InChI=1S/C13H12ClN3O3/c1-3-9-4-6-10(7-5-9)20-12-11(17(18)19)8(2)15-13(14)16-12/h4-7H,3H2,1-2H3. The summed E-state index contributed by atoms with van der Waals surface area (Å²) >= 11 is 5.72. The first-order chi connectivity index (χ1) is 9.51. The maximum Gasteiger partial charge on any atom is 0.352 e. The predicted octanol–water partition coefficient (Wildman–Crippen LogP) is 3.70. The molecular formula is C13H12ClN3O3. The number of ether oxygens (including phenoxy) is 1. The summed E-state index contributed by atoms with van der Waals surface area (Å²) in [5, 5.41) is 11.0. The van der Waals surface area contributed by atoms with Crippen LogP contribution in [-0.4, -0.2) is 14.9 Å². The summed E-state index contributed by atoms with van der Waals surface area (Å²) in [5.74, 6) is 0.302. The van der Waals surface area contributed by atoms with Crippen LogP contribution in [0.25, 0.3) is 0 Å². The van der Waals surface area contributed by atoms with E-state index in [-0.39, 0.29) is 22.5 Å². The molecule has 0 spiro atoms. The monoisotopic (exact) mass is 293 g/mol. The molecular weight excluding hydrogens is 282 g/mol. The molecule has 0 saturated heterocycles. The summed E-state index contributed by atoms with van der Waals surface area (Å²) in [4.78, 5) is 18.0. The number of aryl methyl sites for hydroxylation is 2. The Bertz CT molecular complexity index is 644. The zero-order chi connectivity index (χ0) is 14.7. The first-order valence-electron chi connectivity index (χ1n) is 5.96. The topological polar surface area (TPSA) is 78.2 Å². The van der Waals surface area contributed by atoms with Crippen LogP contribution in [0.5, 0.6) is 11.6 Å². The van der Waals surface area contributed by atoms with Crippen LogP contribution in [-0.2, 0) is 6.42 Å². The highest BCUT2D eigenvalue weighted by molar-refractivity contribution is 6.28. The third kappa shape index (κ3) is 3.03. The molecule has 20 heavy (non-hydrogen) atoms. The highest BCUT2D eigenvalue weighted by atomic mass is 35.5. The summed E-state index contributed by atoms with van der Waals surface area (Å²) in [7, 11) is 0. The van der Waals surface area contributed by atoms with Crippen molar-refractivity contribution in [1.29, 1.82) is 0 Å². The van der Waals surface area contributed by atoms with Crippen molar-refractivity contribution in [1.82, 2.24) is 9.97 Å². The number of halogens is 1. The summed E-state index contributed by atoms with van der Waals surface area (Å²) in [6.07, 6.45) is 0.902. The highest BCUT2D eigenvalue weighted by Crippen LogP contribution is 2.32. The number of aromatic nitrogens is 2. The van der Waals surface area contributed by atoms with E-state index in [0.29, 0.717) is 5.75 Å². The van der Waals surface area contributed by atoms with Gasteiger partial charge < -0.3 is 4.74 Å². The van der Waals surface area contributed by atoms with Gasteiger partial charge >= 0.3 is 11.6 Å². The average molecular weight is 294 g/mol. The Morgan fingerprint density at radius 2 is 1.95 bits per heavy atom. The van der Waals surface area contributed by atoms with Crippen LogP contribution in [0, 0.1) is 17.0 Å². The quantitative estimate of drug-likeness (QED) is 0.488. The largest absolute Gasteiger partial charge is 0.434 e.